The molecule has 0 radical (unpaired) electrons. The summed E-state index contributed by atoms with van der Waals surface area (Å²) < 4.78 is 15.0. The molecule has 3 heteroatoms. The van der Waals surface area contributed by atoms with E-state index in [1.165, 1.54) is 4.68 Å². The lowest BCUT2D eigenvalue weighted by molar-refractivity contribution is 0.453. The molecule has 0 atom stereocenters. The highest BCUT2D eigenvalue weighted by Gasteiger charge is 2.28. The normalized spacial score (nSPS) is 17.3. The van der Waals surface area contributed by atoms with Gasteiger partial charge in [0.2, 0.25) is 5.95 Å². The van der Waals surface area contributed by atoms with Crippen LogP contribution in [0.15, 0.2) is 6.20 Å². The number of aromatic nitrogens is 2. The zero-order valence-electron chi connectivity index (χ0n) is 7.42. The van der Waals surface area contributed by atoms with Crippen molar-refractivity contribution in [3.63, 3.8) is 0 Å². The molecular weight excluding hydrogens is 155 g/mol. The van der Waals surface area contributed by atoms with Crippen LogP contribution in [0, 0.1) is 5.95 Å². The minimum atomic E-state index is -0.132. The lowest BCUT2D eigenvalue weighted by Crippen LogP contribution is -2.01. The van der Waals surface area contributed by atoms with E-state index in [1.807, 2.05) is 13.8 Å². The lowest BCUT2D eigenvalue weighted by atomic mass is 10.1. The molecule has 1 aliphatic carbocycles. The average molecular weight is 168 g/mol. The Labute approximate surface area is 71.4 Å². The predicted octanol–water partition coefficient (Wildman–Crippen LogP) is 2.48. The first-order chi connectivity index (χ1) is 5.70. The molecular formula is C9H13FN2. The lowest BCUT2D eigenvalue weighted by Gasteiger charge is -2.01. The molecule has 1 aromatic heterocycles. The second-order valence-corrected chi connectivity index (χ2v) is 3.72. The molecule has 12 heavy (non-hydrogen) atoms. The van der Waals surface area contributed by atoms with Crippen molar-refractivity contribution in [2.75, 3.05) is 0 Å². The van der Waals surface area contributed by atoms with E-state index in [4.69, 9.17) is 0 Å². The van der Waals surface area contributed by atoms with Gasteiger partial charge in [-0.05, 0) is 18.8 Å². The monoisotopic (exact) mass is 168 g/mol. The Hall–Kier alpha value is -0.860. The summed E-state index contributed by atoms with van der Waals surface area (Å²) in [4.78, 5) is 0. The van der Waals surface area contributed by atoms with Crippen LogP contribution < -0.4 is 0 Å². The van der Waals surface area contributed by atoms with E-state index < -0.39 is 0 Å². The highest BCUT2D eigenvalue weighted by molar-refractivity contribution is 5.12. The van der Waals surface area contributed by atoms with Crippen molar-refractivity contribution < 1.29 is 4.39 Å². The summed E-state index contributed by atoms with van der Waals surface area (Å²) in [7, 11) is 0. The molecule has 0 spiro atoms. The van der Waals surface area contributed by atoms with Gasteiger partial charge in [-0.2, -0.15) is 9.49 Å². The fourth-order valence-electron chi connectivity index (χ4n) is 1.32. The average Bonchev–Trinajstić information content (AvgIpc) is 2.75. The Bertz CT molecular complexity index is 267. The molecule has 0 aromatic carbocycles. The second-order valence-electron chi connectivity index (χ2n) is 3.72. The van der Waals surface area contributed by atoms with Gasteiger partial charge in [-0.15, -0.1) is 0 Å². The molecule has 0 aliphatic heterocycles. The molecule has 1 aromatic rings. The second kappa shape index (κ2) is 2.57. The summed E-state index contributed by atoms with van der Waals surface area (Å²) in [6.45, 7) is 3.97. The highest BCUT2D eigenvalue weighted by Crippen LogP contribution is 2.36. The van der Waals surface area contributed by atoms with Crippen molar-refractivity contribution in [2.24, 2.45) is 0 Å². The molecule has 1 saturated carbocycles. The van der Waals surface area contributed by atoms with E-state index in [2.05, 4.69) is 5.10 Å². The van der Waals surface area contributed by atoms with Crippen LogP contribution >= 0.6 is 0 Å². The molecule has 0 amide bonds. The Morgan fingerprint density at radius 2 is 2.25 bits per heavy atom. The summed E-state index contributed by atoms with van der Waals surface area (Å²) in [6.07, 6.45) is 3.81. The molecule has 66 valence electrons. The fourth-order valence-corrected chi connectivity index (χ4v) is 1.32. The zero-order chi connectivity index (χ0) is 8.72. The molecule has 1 heterocycles. The van der Waals surface area contributed by atoms with Gasteiger partial charge in [0, 0.05) is 5.56 Å². The minimum Gasteiger partial charge on any atom is -0.236 e. The largest absolute Gasteiger partial charge is 0.236 e. The van der Waals surface area contributed by atoms with Gasteiger partial charge in [-0.1, -0.05) is 13.8 Å². The third-order valence-corrected chi connectivity index (χ3v) is 2.28. The Morgan fingerprint density at radius 1 is 1.58 bits per heavy atom. The quantitative estimate of drug-likeness (QED) is 0.663. The molecule has 2 rings (SSSR count). The van der Waals surface area contributed by atoms with Gasteiger partial charge >= 0.3 is 0 Å². The predicted molar refractivity (Wildman–Crippen MR) is 44.5 cm³/mol. The molecule has 2 nitrogen and oxygen atoms in total. The minimum absolute atomic E-state index is 0.132. The first kappa shape index (κ1) is 7.77. The van der Waals surface area contributed by atoms with Gasteiger partial charge in [0.1, 0.15) is 0 Å². The summed E-state index contributed by atoms with van der Waals surface area (Å²) in [5.41, 5.74) is 0.738. The first-order valence-corrected chi connectivity index (χ1v) is 4.43. The van der Waals surface area contributed by atoms with E-state index in [-0.39, 0.29) is 11.9 Å². The Morgan fingerprint density at radius 3 is 2.67 bits per heavy atom. The van der Waals surface area contributed by atoms with Crippen LogP contribution in [0.1, 0.15) is 44.2 Å². The maximum Gasteiger partial charge on any atom is 0.215 e. The zero-order valence-corrected chi connectivity index (χ0v) is 7.42. The van der Waals surface area contributed by atoms with Gasteiger partial charge in [-0.25, -0.2) is 4.68 Å². The van der Waals surface area contributed by atoms with E-state index >= 15 is 0 Å². The maximum absolute atomic E-state index is 13.5. The van der Waals surface area contributed by atoms with E-state index in [0.29, 0.717) is 6.04 Å². The van der Waals surface area contributed by atoms with Crippen LogP contribution in [-0.2, 0) is 0 Å². The van der Waals surface area contributed by atoms with Crippen molar-refractivity contribution in [2.45, 2.75) is 38.6 Å². The maximum atomic E-state index is 13.5. The third-order valence-electron chi connectivity index (χ3n) is 2.28. The molecule has 1 aliphatic rings. The molecule has 0 saturated heterocycles. The number of hydrogen-bond donors (Lipinski definition) is 0. The van der Waals surface area contributed by atoms with E-state index in [9.17, 15) is 4.39 Å². The van der Waals surface area contributed by atoms with E-state index in [1.54, 1.807) is 6.20 Å². The summed E-state index contributed by atoms with van der Waals surface area (Å²) in [6, 6.07) is 0.345. The topological polar surface area (TPSA) is 17.8 Å². The van der Waals surface area contributed by atoms with Crippen molar-refractivity contribution in [1.82, 2.24) is 9.78 Å². The standard InChI is InChI=1S/C9H13FN2/c1-6(2)8-5-11-12(9(8)10)7-3-4-7/h5-7H,3-4H2,1-2H3. The third kappa shape index (κ3) is 1.13. The van der Waals surface area contributed by atoms with Crippen LogP contribution in [-0.4, -0.2) is 9.78 Å². The van der Waals surface area contributed by atoms with Crippen molar-refractivity contribution in [3.05, 3.63) is 17.7 Å². The first-order valence-electron chi connectivity index (χ1n) is 4.43. The van der Waals surface area contributed by atoms with Crippen molar-refractivity contribution >= 4 is 0 Å². The van der Waals surface area contributed by atoms with Gasteiger partial charge in [0.25, 0.3) is 0 Å². The van der Waals surface area contributed by atoms with Crippen molar-refractivity contribution in [3.8, 4) is 0 Å². The van der Waals surface area contributed by atoms with Crippen LogP contribution in [0.4, 0.5) is 4.39 Å². The SMILES string of the molecule is CC(C)c1cnn(C2CC2)c1F. The van der Waals surface area contributed by atoms with Crippen molar-refractivity contribution in [1.29, 1.82) is 0 Å². The van der Waals surface area contributed by atoms with Gasteiger partial charge in [0.05, 0.1) is 12.2 Å². The smallest absolute Gasteiger partial charge is 0.215 e. The number of hydrogen-bond acceptors (Lipinski definition) is 1. The van der Waals surface area contributed by atoms with E-state index in [0.717, 1.165) is 18.4 Å². The van der Waals surface area contributed by atoms with Gasteiger partial charge in [0.15, 0.2) is 0 Å². The summed E-state index contributed by atoms with van der Waals surface area (Å²) >= 11 is 0. The van der Waals surface area contributed by atoms with Crippen LogP contribution in [0.2, 0.25) is 0 Å². The number of rotatable bonds is 2. The Balaban J connectivity index is 2.33. The molecule has 0 bridgehead atoms. The Kier molecular flexibility index (Phi) is 1.67. The molecule has 1 fully saturated rings. The summed E-state index contributed by atoms with van der Waals surface area (Å²) in [5.74, 6) is 0.102. The molecule has 0 unspecified atom stereocenters. The van der Waals surface area contributed by atoms with Crippen LogP contribution in [0.3, 0.4) is 0 Å². The summed E-state index contributed by atoms with van der Waals surface area (Å²) in [5, 5.41) is 4.04. The molecule has 0 N–H and O–H groups in total. The van der Waals surface area contributed by atoms with Gasteiger partial charge < -0.3 is 0 Å². The highest BCUT2D eigenvalue weighted by atomic mass is 19.1. The van der Waals surface area contributed by atoms with Gasteiger partial charge in [-0.3, -0.25) is 0 Å². The number of nitrogens with zero attached hydrogens (tertiary/aromatic N) is 2. The fraction of sp³-hybridized carbons (Fsp3) is 0.667. The van der Waals surface area contributed by atoms with Crippen LogP contribution in [0.25, 0.3) is 0 Å². The number of halogens is 1. The van der Waals surface area contributed by atoms with Crippen LogP contribution in [0.5, 0.6) is 0 Å².